The molecule has 0 aliphatic heterocycles. The van der Waals surface area contributed by atoms with Gasteiger partial charge in [0.1, 0.15) is 0 Å². The molecule has 0 amide bonds. The van der Waals surface area contributed by atoms with E-state index in [1.165, 1.54) is 0 Å². The van der Waals surface area contributed by atoms with E-state index in [9.17, 15) is 4.21 Å². The molecule has 1 rings (SSSR count). The van der Waals surface area contributed by atoms with Crippen LogP contribution in [-0.2, 0) is 11.1 Å². The molecule has 1 atom stereocenters. The third-order valence-electron chi connectivity index (χ3n) is 1.08. The first-order valence-corrected chi connectivity index (χ1v) is 5.36. The molecule has 0 radical (unpaired) electrons. The normalized spacial score (nSPS) is 11.9. The van der Waals surface area contributed by atoms with Crippen LogP contribution < -0.4 is 29.6 Å². The van der Waals surface area contributed by atoms with Crippen molar-refractivity contribution in [3.05, 3.63) is 27.1 Å². The van der Waals surface area contributed by atoms with Crippen LogP contribution in [0.1, 0.15) is 1.43 Å². The summed E-state index contributed by atoms with van der Waals surface area (Å²) in [6, 6.07) is 5.03. The van der Waals surface area contributed by atoms with Crippen molar-refractivity contribution >= 4 is 42.9 Å². The van der Waals surface area contributed by atoms with Gasteiger partial charge < -0.3 is 5.98 Å². The quantitative estimate of drug-likeness (QED) is 0.579. The number of halogens is 2. The topological polar surface area (TPSA) is 37.3 Å². The van der Waals surface area contributed by atoms with E-state index in [4.69, 9.17) is 4.55 Å². The van der Waals surface area contributed by atoms with Gasteiger partial charge in [0.2, 0.25) is 0 Å². The van der Waals surface area contributed by atoms with Gasteiger partial charge in [-0.2, -0.15) is 0 Å². The molecular formula is C6H5Br2NaO2S. The fourth-order valence-electron chi connectivity index (χ4n) is 0.617. The van der Waals surface area contributed by atoms with E-state index in [1.807, 2.05) is 0 Å². The third-order valence-corrected chi connectivity index (χ3v) is 3.23. The van der Waals surface area contributed by atoms with E-state index in [1.54, 1.807) is 18.2 Å². The maximum Gasteiger partial charge on any atom is 1.00 e. The summed E-state index contributed by atoms with van der Waals surface area (Å²) in [6.07, 6.45) is 0. The number of hydrogen-bond acceptors (Lipinski definition) is 1. The zero-order valence-electron chi connectivity index (χ0n) is 7.25. The van der Waals surface area contributed by atoms with E-state index in [2.05, 4.69) is 31.9 Å². The summed E-state index contributed by atoms with van der Waals surface area (Å²) >= 11 is 4.48. The maximum absolute atomic E-state index is 10.6. The molecule has 6 heteroatoms. The number of rotatable bonds is 1. The predicted molar refractivity (Wildman–Crippen MR) is 52.0 cm³/mol. The Balaban J connectivity index is 0. The summed E-state index contributed by atoms with van der Waals surface area (Å²) in [6.45, 7) is 0. The summed E-state index contributed by atoms with van der Waals surface area (Å²) in [5.41, 5.74) is 0. The smallest absolute Gasteiger partial charge is 1.00 e. The molecule has 0 saturated carbocycles. The summed E-state index contributed by atoms with van der Waals surface area (Å²) in [4.78, 5) is 0.383. The van der Waals surface area contributed by atoms with Gasteiger partial charge in [0.15, 0.2) is 11.1 Å². The van der Waals surface area contributed by atoms with E-state index >= 15 is 0 Å². The maximum atomic E-state index is 10.6. The summed E-state index contributed by atoms with van der Waals surface area (Å²) < 4.78 is 20.8. The Morgan fingerprint density at radius 3 is 2.42 bits per heavy atom. The summed E-state index contributed by atoms with van der Waals surface area (Å²) in [7, 11) is 0. The first kappa shape index (κ1) is 13.3. The Kier molecular flexibility index (Phi) is 6.54. The monoisotopic (exact) mass is 322 g/mol. The van der Waals surface area contributed by atoms with Crippen molar-refractivity contribution in [2.24, 2.45) is 0 Å². The van der Waals surface area contributed by atoms with Crippen LogP contribution in [0.4, 0.5) is 0 Å². The van der Waals surface area contributed by atoms with Crippen molar-refractivity contribution in [1.29, 1.82) is 0 Å². The summed E-state index contributed by atoms with van der Waals surface area (Å²) in [5, 5.41) is 0. The van der Waals surface area contributed by atoms with Crippen molar-refractivity contribution in [3.63, 3.8) is 0 Å². The fourth-order valence-corrected chi connectivity index (χ4v) is 2.49. The van der Waals surface area contributed by atoms with Crippen molar-refractivity contribution in [3.8, 4) is 0 Å². The standard InChI is InChI=1S/C6H4Br2O2S.Na.H/c7-4-1-2-6(11(9)10)5(8)3-4;;/h1-3H,(H,9,10);;/q;+1;-1. The Bertz CT molecular complexity index is 311. The second kappa shape index (κ2) is 5.90. The minimum absolute atomic E-state index is 0. The third kappa shape index (κ3) is 3.57. The van der Waals surface area contributed by atoms with Crippen LogP contribution in [0, 0.1) is 0 Å². The molecule has 12 heavy (non-hydrogen) atoms. The molecule has 2 nitrogen and oxygen atoms in total. The Labute approximate surface area is 113 Å². The van der Waals surface area contributed by atoms with E-state index in [0.29, 0.717) is 9.37 Å². The molecule has 0 aliphatic rings. The minimum atomic E-state index is -1.92. The van der Waals surface area contributed by atoms with Crippen LogP contribution in [0.5, 0.6) is 0 Å². The molecule has 0 aliphatic carbocycles. The van der Waals surface area contributed by atoms with Gasteiger partial charge >= 0.3 is 29.6 Å². The SMILES string of the molecule is O=S(O)c1ccc(Br)cc1Br.[H-].[Na+]. The van der Waals surface area contributed by atoms with E-state index in [0.717, 1.165) is 4.47 Å². The van der Waals surface area contributed by atoms with Crippen LogP contribution in [0.3, 0.4) is 0 Å². The van der Waals surface area contributed by atoms with Crippen LogP contribution in [0.2, 0.25) is 0 Å². The van der Waals surface area contributed by atoms with E-state index in [-0.39, 0.29) is 31.0 Å². The van der Waals surface area contributed by atoms with Crippen LogP contribution in [0.15, 0.2) is 32.0 Å². The molecule has 1 aromatic carbocycles. The average molecular weight is 324 g/mol. The van der Waals surface area contributed by atoms with E-state index < -0.39 is 11.1 Å². The molecule has 62 valence electrons. The second-order valence-corrected chi connectivity index (χ2v) is 4.53. The zero-order chi connectivity index (χ0) is 8.43. The molecule has 0 spiro atoms. The summed E-state index contributed by atoms with van der Waals surface area (Å²) in [5.74, 6) is 0. The van der Waals surface area contributed by atoms with Crippen molar-refractivity contribution in [2.75, 3.05) is 0 Å². The van der Waals surface area contributed by atoms with Gasteiger partial charge in [-0.1, -0.05) is 15.9 Å². The van der Waals surface area contributed by atoms with Gasteiger partial charge in [-0.15, -0.1) is 0 Å². The van der Waals surface area contributed by atoms with Gasteiger partial charge in [0, 0.05) is 8.95 Å². The average Bonchev–Trinajstić information content (AvgIpc) is 1.85. The predicted octanol–water partition coefficient (Wildman–Crippen LogP) is -0.0913. The first-order valence-electron chi connectivity index (χ1n) is 2.67. The van der Waals surface area contributed by atoms with Crippen LogP contribution in [-0.4, -0.2) is 8.76 Å². The van der Waals surface area contributed by atoms with Crippen molar-refractivity contribution < 1.29 is 39.7 Å². The molecule has 0 heterocycles. The van der Waals surface area contributed by atoms with Gasteiger partial charge in [-0.05, 0) is 34.1 Å². The van der Waals surface area contributed by atoms with Crippen molar-refractivity contribution in [2.45, 2.75) is 4.90 Å². The van der Waals surface area contributed by atoms with Crippen LogP contribution >= 0.6 is 31.9 Å². The molecule has 0 bridgehead atoms. The van der Waals surface area contributed by atoms with Crippen LogP contribution in [0.25, 0.3) is 0 Å². The molecule has 0 aromatic heterocycles. The van der Waals surface area contributed by atoms with Gasteiger partial charge in [0.05, 0.1) is 4.90 Å². The molecule has 0 fully saturated rings. The molecule has 1 unspecified atom stereocenters. The second-order valence-electron chi connectivity index (χ2n) is 1.82. The minimum Gasteiger partial charge on any atom is -1.00 e. The Morgan fingerprint density at radius 1 is 1.42 bits per heavy atom. The number of hydrogen-bond donors (Lipinski definition) is 1. The van der Waals surface area contributed by atoms with Gasteiger partial charge in [0.25, 0.3) is 0 Å². The van der Waals surface area contributed by atoms with Crippen molar-refractivity contribution in [1.82, 2.24) is 0 Å². The van der Waals surface area contributed by atoms with Gasteiger partial charge in [-0.25, -0.2) is 4.21 Å². The fraction of sp³-hybridized carbons (Fsp3) is 0. The largest absolute Gasteiger partial charge is 1.00 e. The molecule has 1 aromatic rings. The Morgan fingerprint density at radius 2 is 2.00 bits per heavy atom. The number of benzene rings is 1. The molecule has 1 N–H and O–H groups in total. The Hall–Kier alpha value is 1.29. The molecular weight excluding hydrogens is 319 g/mol. The zero-order valence-corrected chi connectivity index (χ0v) is 12.2. The first-order chi connectivity index (χ1) is 5.11. The van der Waals surface area contributed by atoms with Gasteiger partial charge in [-0.3, -0.25) is 0 Å². The molecule has 0 saturated heterocycles.